The van der Waals surface area contributed by atoms with Crippen LogP contribution in [0.3, 0.4) is 0 Å². The molecule has 0 bridgehead atoms. The minimum atomic E-state index is -2.79. The molecule has 1 rings (SSSR count). The zero-order valence-electron chi connectivity index (χ0n) is 10.9. The fourth-order valence-corrected chi connectivity index (χ4v) is 1.41. The molecule has 1 N–H and O–H groups in total. The third kappa shape index (κ3) is 7.58. The van der Waals surface area contributed by atoms with Crippen LogP contribution < -0.4 is 10.1 Å². The highest BCUT2D eigenvalue weighted by Gasteiger charge is 2.03. The van der Waals surface area contributed by atoms with Crippen LogP contribution in [0.25, 0.3) is 0 Å². The Morgan fingerprint density at radius 3 is 2.47 bits per heavy atom. The molecule has 0 unspecified atom stereocenters. The van der Waals surface area contributed by atoms with Crippen molar-refractivity contribution in [2.45, 2.75) is 13.0 Å². The molecule has 0 fully saturated rings. The van der Waals surface area contributed by atoms with Crippen LogP contribution in [0.4, 0.5) is 14.5 Å². The minimum Gasteiger partial charge on any atom is -0.435 e. The predicted octanol–water partition coefficient (Wildman–Crippen LogP) is 2.75. The Morgan fingerprint density at radius 1 is 1.11 bits per heavy atom. The summed E-state index contributed by atoms with van der Waals surface area (Å²) in [4.78, 5) is 0. The van der Waals surface area contributed by atoms with Crippen LogP contribution in [-0.2, 0) is 9.47 Å². The molecule has 6 heteroatoms. The van der Waals surface area contributed by atoms with Crippen LogP contribution in [0.2, 0.25) is 0 Å². The van der Waals surface area contributed by atoms with Gasteiger partial charge in [0.1, 0.15) is 5.75 Å². The summed E-state index contributed by atoms with van der Waals surface area (Å²) in [7, 11) is 1.63. The monoisotopic (exact) mass is 275 g/mol. The summed E-state index contributed by atoms with van der Waals surface area (Å²) >= 11 is 0. The largest absolute Gasteiger partial charge is 0.435 e. The maximum atomic E-state index is 11.9. The van der Waals surface area contributed by atoms with Crippen molar-refractivity contribution in [3.8, 4) is 5.75 Å². The van der Waals surface area contributed by atoms with Crippen molar-refractivity contribution >= 4 is 5.69 Å². The molecule has 19 heavy (non-hydrogen) atoms. The van der Waals surface area contributed by atoms with Crippen LogP contribution in [0.1, 0.15) is 6.42 Å². The summed E-state index contributed by atoms with van der Waals surface area (Å²) in [5.74, 6) is 0.156. The highest BCUT2D eigenvalue weighted by Crippen LogP contribution is 2.17. The average molecular weight is 275 g/mol. The van der Waals surface area contributed by atoms with Crippen molar-refractivity contribution in [3.63, 3.8) is 0 Å². The van der Waals surface area contributed by atoms with E-state index < -0.39 is 6.61 Å². The molecule has 4 nitrogen and oxygen atoms in total. The third-order valence-corrected chi connectivity index (χ3v) is 2.31. The Hall–Kier alpha value is -1.40. The number of halogens is 2. The molecule has 0 atom stereocenters. The van der Waals surface area contributed by atoms with Gasteiger partial charge in [0.25, 0.3) is 0 Å². The Labute approximate surface area is 111 Å². The molecule has 0 saturated heterocycles. The lowest BCUT2D eigenvalue weighted by atomic mass is 10.3. The van der Waals surface area contributed by atoms with E-state index >= 15 is 0 Å². The molecule has 0 heterocycles. The van der Waals surface area contributed by atoms with Gasteiger partial charge in [0, 0.05) is 25.9 Å². The minimum absolute atomic E-state index is 0.156. The summed E-state index contributed by atoms with van der Waals surface area (Å²) < 4.78 is 38.3. The molecule has 1 aromatic carbocycles. The van der Waals surface area contributed by atoms with Crippen LogP contribution in [0.15, 0.2) is 24.3 Å². The molecule has 0 saturated carbocycles. The first-order valence-corrected chi connectivity index (χ1v) is 6.08. The van der Waals surface area contributed by atoms with Crippen molar-refractivity contribution in [1.29, 1.82) is 0 Å². The second kappa shape index (κ2) is 9.52. The second-order valence-corrected chi connectivity index (χ2v) is 3.79. The Kier molecular flexibility index (Phi) is 7.84. The molecular weight excluding hydrogens is 256 g/mol. The number of benzene rings is 1. The van der Waals surface area contributed by atoms with Crippen molar-refractivity contribution in [2.75, 3.05) is 38.8 Å². The molecule has 1 aromatic rings. The van der Waals surface area contributed by atoms with E-state index in [-0.39, 0.29) is 5.75 Å². The van der Waals surface area contributed by atoms with Gasteiger partial charge in [-0.1, -0.05) is 0 Å². The van der Waals surface area contributed by atoms with Crippen LogP contribution in [0.5, 0.6) is 5.75 Å². The molecule has 0 aliphatic heterocycles. The average Bonchev–Trinajstić information content (AvgIpc) is 2.39. The zero-order chi connectivity index (χ0) is 13.9. The van der Waals surface area contributed by atoms with E-state index in [4.69, 9.17) is 9.47 Å². The van der Waals surface area contributed by atoms with Crippen molar-refractivity contribution in [2.24, 2.45) is 0 Å². The van der Waals surface area contributed by atoms with E-state index in [1.165, 1.54) is 12.1 Å². The lowest BCUT2D eigenvalue weighted by Crippen LogP contribution is -2.08. The van der Waals surface area contributed by atoms with Gasteiger partial charge in [0.15, 0.2) is 0 Å². The summed E-state index contributed by atoms with van der Waals surface area (Å²) in [6.07, 6.45) is 0.860. The first-order valence-electron chi connectivity index (χ1n) is 6.08. The molecule has 0 aliphatic carbocycles. The Balaban J connectivity index is 2.12. The highest BCUT2D eigenvalue weighted by atomic mass is 19.3. The molecule has 0 aliphatic rings. The second-order valence-electron chi connectivity index (χ2n) is 3.79. The number of hydrogen-bond acceptors (Lipinski definition) is 4. The van der Waals surface area contributed by atoms with E-state index in [0.717, 1.165) is 18.7 Å². The number of hydrogen-bond donors (Lipinski definition) is 1. The van der Waals surface area contributed by atoms with Gasteiger partial charge >= 0.3 is 6.61 Å². The van der Waals surface area contributed by atoms with E-state index in [1.807, 2.05) is 0 Å². The summed E-state index contributed by atoms with van der Waals surface area (Å²) in [6, 6.07) is 6.40. The molecule has 0 aromatic heterocycles. The first kappa shape index (κ1) is 15.7. The summed E-state index contributed by atoms with van der Waals surface area (Å²) in [5, 5.41) is 3.16. The number of methoxy groups -OCH3 is 1. The van der Waals surface area contributed by atoms with Crippen molar-refractivity contribution < 1.29 is 23.0 Å². The van der Waals surface area contributed by atoms with Crippen LogP contribution >= 0.6 is 0 Å². The molecular formula is C13H19F2NO3. The lowest BCUT2D eigenvalue weighted by Gasteiger charge is -2.08. The summed E-state index contributed by atoms with van der Waals surface area (Å²) in [5.41, 5.74) is 0.860. The molecule has 0 amide bonds. The number of alkyl halides is 2. The SMILES string of the molecule is COCCOCCCNc1ccc(OC(F)F)cc1. The van der Waals surface area contributed by atoms with Crippen molar-refractivity contribution in [3.05, 3.63) is 24.3 Å². The van der Waals surface area contributed by atoms with E-state index in [0.29, 0.717) is 19.8 Å². The standard InChI is InChI=1S/C13H19F2NO3/c1-17-9-10-18-8-2-7-16-11-3-5-12(6-4-11)19-13(14)15/h3-6,13,16H,2,7-10H2,1H3. The third-order valence-electron chi connectivity index (χ3n) is 2.31. The van der Waals surface area contributed by atoms with E-state index in [9.17, 15) is 8.78 Å². The molecule has 108 valence electrons. The van der Waals surface area contributed by atoms with Crippen molar-refractivity contribution in [1.82, 2.24) is 0 Å². The van der Waals surface area contributed by atoms with Crippen LogP contribution in [-0.4, -0.2) is 40.1 Å². The normalized spacial score (nSPS) is 10.7. The van der Waals surface area contributed by atoms with Gasteiger partial charge < -0.3 is 19.5 Å². The number of nitrogens with one attached hydrogen (secondary N) is 1. The number of anilines is 1. The molecule has 0 radical (unpaired) electrons. The van der Waals surface area contributed by atoms with Gasteiger partial charge in [0.05, 0.1) is 13.2 Å². The Bertz CT molecular complexity index is 333. The van der Waals surface area contributed by atoms with Gasteiger partial charge in [-0.2, -0.15) is 8.78 Å². The van der Waals surface area contributed by atoms with E-state index in [2.05, 4.69) is 10.1 Å². The highest BCUT2D eigenvalue weighted by molar-refractivity contribution is 5.46. The quantitative estimate of drug-likeness (QED) is 0.666. The number of ether oxygens (including phenoxy) is 3. The van der Waals surface area contributed by atoms with Gasteiger partial charge in [-0.05, 0) is 30.7 Å². The zero-order valence-corrected chi connectivity index (χ0v) is 10.9. The Morgan fingerprint density at radius 2 is 1.84 bits per heavy atom. The lowest BCUT2D eigenvalue weighted by molar-refractivity contribution is -0.0498. The predicted molar refractivity (Wildman–Crippen MR) is 68.9 cm³/mol. The smallest absolute Gasteiger partial charge is 0.387 e. The van der Waals surface area contributed by atoms with Crippen LogP contribution in [0, 0.1) is 0 Å². The van der Waals surface area contributed by atoms with E-state index in [1.54, 1.807) is 19.2 Å². The number of rotatable bonds is 10. The van der Waals surface area contributed by atoms with Gasteiger partial charge in [-0.15, -0.1) is 0 Å². The van der Waals surface area contributed by atoms with Gasteiger partial charge in [0.2, 0.25) is 0 Å². The van der Waals surface area contributed by atoms with Gasteiger partial charge in [-0.25, -0.2) is 0 Å². The molecule has 0 spiro atoms. The maximum Gasteiger partial charge on any atom is 0.387 e. The maximum absolute atomic E-state index is 11.9. The topological polar surface area (TPSA) is 39.7 Å². The fraction of sp³-hybridized carbons (Fsp3) is 0.538. The van der Waals surface area contributed by atoms with Gasteiger partial charge in [-0.3, -0.25) is 0 Å². The summed E-state index contributed by atoms with van der Waals surface area (Å²) in [6.45, 7) is -0.191. The fourth-order valence-electron chi connectivity index (χ4n) is 1.41. The first-order chi connectivity index (χ1) is 9.22.